The van der Waals surface area contributed by atoms with E-state index in [1.165, 1.54) is 5.56 Å². The highest BCUT2D eigenvalue weighted by Gasteiger charge is 2.12. The highest BCUT2D eigenvalue weighted by molar-refractivity contribution is 9.09. The predicted octanol–water partition coefficient (Wildman–Crippen LogP) is 3.58. The molecule has 0 saturated heterocycles. The molecule has 3 heteroatoms. The van der Waals surface area contributed by atoms with Gasteiger partial charge in [0.1, 0.15) is 5.75 Å². The fraction of sp³-hybridized carbons (Fsp3) is 0.462. The van der Waals surface area contributed by atoms with E-state index in [9.17, 15) is 4.79 Å². The number of halogens is 1. The molecule has 1 aromatic rings. The molecule has 0 aliphatic rings. The SMILES string of the molecule is CCC(C)C(=O)Oc1ccc(CCBr)cc1. The molecule has 0 bridgehead atoms. The lowest BCUT2D eigenvalue weighted by Crippen LogP contribution is -2.16. The molecule has 0 fully saturated rings. The molecule has 0 aliphatic carbocycles. The van der Waals surface area contributed by atoms with Crippen LogP contribution in [0.2, 0.25) is 0 Å². The third-order valence-electron chi connectivity index (χ3n) is 2.54. The van der Waals surface area contributed by atoms with Gasteiger partial charge in [-0.2, -0.15) is 0 Å². The van der Waals surface area contributed by atoms with Gasteiger partial charge in [0, 0.05) is 5.33 Å². The number of benzene rings is 1. The molecular weight excluding hydrogens is 268 g/mol. The van der Waals surface area contributed by atoms with Crippen molar-refractivity contribution in [2.45, 2.75) is 26.7 Å². The lowest BCUT2D eigenvalue weighted by Gasteiger charge is -2.09. The Morgan fingerprint density at radius 2 is 2.00 bits per heavy atom. The summed E-state index contributed by atoms with van der Waals surface area (Å²) >= 11 is 3.39. The van der Waals surface area contributed by atoms with Crippen LogP contribution in [0.3, 0.4) is 0 Å². The molecule has 1 rings (SSSR count). The van der Waals surface area contributed by atoms with Gasteiger partial charge in [0.25, 0.3) is 0 Å². The Labute approximate surface area is 105 Å². The summed E-state index contributed by atoms with van der Waals surface area (Å²) in [7, 11) is 0. The number of carbonyl (C=O) groups excluding carboxylic acids is 1. The van der Waals surface area contributed by atoms with Crippen LogP contribution < -0.4 is 4.74 Å². The first-order chi connectivity index (χ1) is 7.67. The van der Waals surface area contributed by atoms with E-state index in [-0.39, 0.29) is 11.9 Å². The smallest absolute Gasteiger partial charge is 0.314 e. The van der Waals surface area contributed by atoms with Crippen molar-refractivity contribution >= 4 is 21.9 Å². The Hall–Kier alpha value is -0.830. The molecule has 1 unspecified atom stereocenters. The number of carbonyl (C=O) groups is 1. The van der Waals surface area contributed by atoms with Gasteiger partial charge >= 0.3 is 5.97 Å². The summed E-state index contributed by atoms with van der Waals surface area (Å²) < 4.78 is 5.25. The topological polar surface area (TPSA) is 26.3 Å². The molecule has 0 N–H and O–H groups in total. The van der Waals surface area contributed by atoms with Crippen molar-refractivity contribution in [1.82, 2.24) is 0 Å². The number of ether oxygens (including phenoxy) is 1. The fourth-order valence-electron chi connectivity index (χ4n) is 1.22. The zero-order chi connectivity index (χ0) is 12.0. The number of alkyl halides is 1. The second kappa shape index (κ2) is 6.69. The van der Waals surface area contributed by atoms with Crippen molar-refractivity contribution in [1.29, 1.82) is 0 Å². The normalized spacial score (nSPS) is 12.2. The summed E-state index contributed by atoms with van der Waals surface area (Å²) in [5.41, 5.74) is 1.24. The van der Waals surface area contributed by atoms with Crippen LogP contribution in [0.1, 0.15) is 25.8 Å². The lowest BCUT2D eigenvalue weighted by molar-refractivity contribution is -0.138. The maximum atomic E-state index is 11.5. The van der Waals surface area contributed by atoms with Crippen LogP contribution in [0.5, 0.6) is 5.75 Å². The molecule has 1 aromatic carbocycles. The third kappa shape index (κ3) is 3.97. The van der Waals surface area contributed by atoms with E-state index < -0.39 is 0 Å². The highest BCUT2D eigenvalue weighted by atomic mass is 79.9. The first-order valence-electron chi connectivity index (χ1n) is 5.54. The van der Waals surface area contributed by atoms with Gasteiger partial charge in [-0.25, -0.2) is 0 Å². The van der Waals surface area contributed by atoms with Gasteiger partial charge in [0.05, 0.1) is 5.92 Å². The van der Waals surface area contributed by atoms with Crippen LogP contribution in [-0.2, 0) is 11.2 Å². The standard InChI is InChI=1S/C13H17BrO2/c1-3-10(2)13(15)16-12-6-4-11(5-7-12)8-9-14/h4-7,10H,3,8-9H2,1-2H3. The molecule has 0 aromatic heterocycles. The monoisotopic (exact) mass is 284 g/mol. The molecule has 0 amide bonds. The molecular formula is C13H17BrO2. The highest BCUT2D eigenvalue weighted by Crippen LogP contribution is 2.15. The second-order valence-electron chi connectivity index (χ2n) is 3.81. The van der Waals surface area contributed by atoms with Crippen molar-refractivity contribution in [3.05, 3.63) is 29.8 Å². The van der Waals surface area contributed by atoms with E-state index in [0.717, 1.165) is 18.2 Å². The van der Waals surface area contributed by atoms with Crippen molar-refractivity contribution in [3.8, 4) is 5.75 Å². The minimum atomic E-state index is -0.157. The van der Waals surface area contributed by atoms with Gasteiger partial charge in [-0.3, -0.25) is 4.79 Å². The number of aryl methyl sites for hydroxylation is 1. The molecule has 1 atom stereocenters. The largest absolute Gasteiger partial charge is 0.426 e. The van der Waals surface area contributed by atoms with Crippen LogP contribution in [-0.4, -0.2) is 11.3 Å². The molecule has 0 saturated carbocycles. The Balaban J connectivity index is 2.58. The van der Waals surface area contributed by atoms with Gasteiger partial charge in [0.2, 0.25) is 0 Å². The first kappa shape index (κ1) is 13.2. The Morgan fingerprint density at radius 3 is 2.50 bits per heavy atom. The predicted molar refractivity (Wildman–Crippen MR) is 69.0 cm³/mol. The Morgan fingerprint density at radius 1 is 1.38 bits per heavy atom. The third-order valence-corrected chi connectivity index (χ3v) is 2.94. The van der Waals surface area contributed by atoms with Crippen molar-refractivity contribution in [2.24, 2.45) is 5.92 Å². The minimum absolute atomic E-state index is 0.0396. The molecule has 16 heavy (non-hydrogen) atoms. The molecule has 2 nitrogen and oxygen atoms in total. The van der Waals surface area contributed by atoms with Gasteiger partial charge in [-0.05, 0) is 30.5 Å². The van der Waals surface area contributed by atoms with Crippen LogP contribution in [0, 0.1) is 5.92 Å². The van der Waals surface area contributed by atoms with Crippen LogP contribution in [0.4, 0.5) is 0 Å². The van der Waals surface area contributed by atoms with Crippen LogP contribution in [0.15, 0.2) is 24.3 Å². The summed E-state index contributed by atoms with van der Waals surface area (Å²) in [6.07, 6.45) is 1.79. The number of hydrogen-bond donors (Lipinski definition) is 0. The lowest BCUT2D eigenvalue weighted by atomic mass is 10.1. The zero-order valence-electron chi connectivity index (χ0n) is 9.70. The molecule has 0 radical (unpaired) electrons. The van der Waals surface area contributed by atoms with Gasteiger partial charge in [0.15, 0.2) is 0 Å². The average molecular weight is 285 g/mol. The number of esters is 1. The van der Waals surface area contributed by atoms with E-state index >= 15 is 0 Å². The van der Waals surface area contributed by atoms with E-state index in [1.54, 1.807) is 0 Å². The molecule has 88 valence electrons. The van der Waals surface area contributed by atoms with Crippen LogP contribution >= 0.6 is 15.9 Å². The molecule has 0 spiro atoms. The molecule has 0 aliphatic heterocycles. The Kier molecular flexibility index (Phi) is 5.53. The van der Waals surface area contributed by atoms with E-state index in [2.05, 4.69) is 15.9 Å². The summed E-state index contributed by atoms with van der Waals surface area (Å²) in [4.78, 5) is 11.5. The quantitative estimate of drug-likeness (QED) is 0.469. The first-order valence-corrected chi connectivity index (χ1v) is 6.66. The summed E-state index contributed by atoms with van der Waals surface area (Å²) in [5, 5.41) is 0.943. The fourth-order valence-corrected chi connectivity index (χ4v) is 1.67. The summed E-state index contributed by atoms with van der Waals surface area (Å²) in [6, 6.07) is 7.66. The Bertz CT molecular complexity index is 332. The second-order valence-corrected chi connectivity index (χ2v) is 4.61. The van der Waals surface area contributed by atoms with E-state index in [0.29, 0.717) is 5.75 Å². The van der Waals surface area contributed by atoms with E-state index in [4.69, 9.17) is 4.74 Å². The molecule has 0 heterocycles. The summed E-state index contributed by atoms with van der Waals surface area (Å²) in [5.74, 6) is 0.432. The van der Waals surface area contributed by atoms with Gasteiger partial charge in [-0.15, -0.1) is 0 Å². The minimum Gasteiger partial charge on any atom is -0.426 e. The van der Waals surface area contributed by atoms with Crippen LogP contribution in [0.25, 0.3) is 0 Å². The van der Waals surface area contributed by atoms with Gasteiger partial charge in [-0.1, -0.05) is 41.9 Å². The van der Waals surface area contributed by atoms with Crippen molar-refractivity contribution in [3.63, 3.8) is 0 Å². The maximum Gasteiger partial charge on any atom is 0.314 e. The maximum absolute atomic E-state index is 11.5. The van der Waals surface area contributed by atoms with Crippen molar-refractivity contribution in [2.75, 3.05) is 5.33 Å². The zero-order valence-corrected chi connectivity index (χ0v) is 11.3. The summed E-state index contributed by atoms with van der Waals surface area (Å²) in [6.45, 7) is 3.85. The van der Waals surface area contributed by atoms with E-state index in [1.807, 2.05) is 38.1 Å². The van der Waals surface area contributed by atoms with Crippen molar-refractivity contribution < 1.29 is 9.53 Å². The average Bonchev–Trinajstić information content (AvgIpc) is 2.31. The van der Waals surface area contributed by atoms with Gasteiger partial charge < -0.3 is 4.74 Å². The number of hydrogen-bond acceptors (Lipinski definition) is 2. The number of rotatable bonds is 5.